The maximum Gasteiger partial charge on any atom is 0.333 e. The standard InChI is InChI=1S/C26H32O8/c1-17(2)25(27)33-21(13-29-5)15-31-20-10-11-23-19(12-20)8-7-9-24(23)32-16-22(14-30-6)34-26(28)18(3)4/h7-12,21-22H,1,3,13-16H2,2,4-6H3. The fourth-order valence-corrected chi connectivity index (χ4v) is 2.93. The Labute approximate surface area is 200 Å². The number of esters is 2. The summed E-state index contributed by atoms with van der Waals surface area (Å²) < 4.78 is 32.7. The summed E-state index contributed by atoms with van der Waals surface area (Å²) in [6.07, 6.45) is -1.15. The Bertz CT molecular complexity index is 1010. The van der Waals surface area contributed by atoms with Gasteiger partial charge in [-0.25, -0.2) is 9.59 Å². The zero-order valence-corrected chi connectivity index (χ0v) is 20.1. The van der Waals surface area contributed by atoms with E-state index in [1.165, 1.54) is 14.2 Å². The highest BCUT2D eigenvalue weighted by atomic mass is 16.6. The first-order valence-corrected chi connectivity index (χ1v) is 10.7. The zero-order chi connectivity index (χ0) is 25.1. The van der Waals surface area contributed by atoms with Gasteiger partial charge in [0.15, 0.2) is 12.2 Å². The minimum atomic E-state index is -0.577. The van der Waals surface area contributed by atoms with Gasteiger partial charge in [0.2, 0.25) is 0 Å². The van der Waals surface area contributed by atoms with Crippen molar-refractivity contribution < 1.29 is 38.0 Å². The topological polar surface area (TPSA) is 89.5 Å². The van der Waals surface area contributed by atoms with Crippen LogP contribution in [0.4, 0.5) is 0 Å². The van der Waals surface area contributed by atoms with Crippen molar-refractivity contribution in [1.82, 2.24) is 0 Å². The first-order chi connectivity index (χ1) is 16.2. The third-order valence-electron chi connectivity index (χ3n) is 4.62. The van der Waals surface area contributed by atoms with Gasteiger partial charge in [-0.15, -0.1) is 0 Å². The first kappa shape index (κ1) is 26.9. The van der Waals surface area contributed by atoms with Gasteiger partial charge in [0.25, 0.3) is 0 Å². The lowest BCUT2D eigenvalue weighted by atomic mass is 10.1. The molecule has 34 heavy (non-hydrogen) atoms. The summed E-state index contributed by atoms with van der Waals surface area (Å²) in [6.45, 7) is 11.0. The number of ether oxygens (including phenoxy) is 6. The van der Waals surface area contributed by atoms with E-state index in [0.29, 0.717) is 22.6 Å². The van der Waals surface area contributed by atoms with E-state index in [9.17, 15) is 9.59 Å². The number of methoxy groups -OCH3 is 2. The number of carbonyl (C=O) groups is 2. The molecule has 0 aliphatic carbocycles. The van der Waals surface area contributed by atoms with Crippen LogP contribution in [0.3, 0.4) is 0 Å². The van der Waals surface area contributed by atoms with E-state index >= 15 is 0 Å². The summed E-state index contributed by atoms with van der Waals surface area (Å²) in [6, 6.07) is 11.1. The Kier molecular flexibility index (Phi) is 10.6. The molecule has 0 bridgehead atoms. The summed E-state index contributed by atoms with van der Waals surface area (Å²) in [5.74, 6) is 0.242. The van der Waals surface area contributed by atoms with E-state index in [0.717, 1.165) is 10.8 Å². The third kappa shape index (κ3) is 8.20. The molecule has 0 N–H and O–H groups in total. The predicted octanol–water partition coefficient (Wildman–Crippen LogP) is 3.87. The maximum absolute atomic E-state index is 11.8. The van der Waals surface area contributed by atoms with E-state index in [2.05, 4.69) is 13.2 Å². The molecule has 0 fully saturated rings. The van der Waals surface area contributed by atoms with Crippen LogP contribution in [0, 0.1) is 0 Å². The minimum Gasteiger partial charge on any atom is -0.490 e. The first-order valence-electron chi connectivity index (χ1n) is 10.7. The lowest BCUT2D eigenvalue weighted by Gasteiger charge is -2.19. The molecule has 2 aromatic carbocycles. The molecule has 0 aliphatic heterocycles. The molecule has 0 heterocycles. The second-order valence-corrected chi connectivity index (χ2v) is 7.79. The molecule has 0 spiro atoms. The molecule has 184 valence electrons. The smallest absolute Gasteiger partial charge is 0.333 e. The SMILES string of the molecule is C=C(C)C(=O)OC(COC)COc1ccc2c(OCC(COC)OC(=O)C(=C)C)cccc2c1. The second kappa shape index (κ2) is 13.4. The summed E-state index contributed by atoms with van der Waals surface area (Å²) in [4.78, 5) is 23.7. The van der Waals surface area contributed by atoms with Gasteiger partial charge in [-0.2, -0.15) is 0 Å². The molecule has 8 heteroatoms. The highest BCUT2D eigenvalue weighted by Crippen LogP contribution is 2.29. The van der Waals surface area contributed by atoms with Crippen molar-refractivity contribution in [1.29, 1.82) is 0 Å². The van der Waals surface area contributed by atoms with Crippen molar-refractivity contribution in [3.05, 3.63) is 60.7 Å². The van der Waals surface area contributed by atoms with E-state index < -0.39 is 24.1 Å². The molecular formula is C26H32O8. The molecule has 0 aromatic heterocycles. The van der Waals surface area contributed by atoms with E-state index in [4.69, 9.17) is 28.4 Å². The van der Waals surface area contributed by atoms with Crippen LogP contribution in [0.25, 0.3) is 10.8 Å². The van der Waals surface area contributed by atoms with Crippen LogP contribution in [-0.2, 0) is 28.5 Å². The quantitative estimate of drug-likeness (QED) is 0.302. The van der Waals surface area contributed by atoms with E-state index in [1.807, 2.05) is 30.3 Å². The van der Waals surface area contributed by atoms with E-state index in [1.54, 1.807) is 19.9 Å². The summed E-state index contributed by atoms with van der Waals surface area (Å²) in [5, 5.41) is 1.75. The van der Waals surface area contributed by atoms with Crippen molar-refractivity contribution in [2.45, 2.75) is 26.1 Å². The zero-order valence-electron chi connectivity index (χ0n) is 20.1. The fourth-order valence-electron chi connectivity index (χ4n) is 2.93. The molecule has 2 unspecified atom stereocenters. The van der Waals surface area contributed by atoms with Gasteiger partial charge in [-0.1, -0.05) is 25.3 Å². The molecule has 2 rings (SSSR count). The van der Waals surface area contributed by atoms with Gasteiger partial charge in [0.1, 0.15) is 24.7 Å². The highest BCUT2D eigenvalue weighted by molar-refractivity contribution is 5.89. The molecule has 0 amide bonds. The van der Waals surface area contributed by atoms with Gasteiger partial charge in [0.05, 0.1) is 13.2 Å². The van der Waals surface area contributed by atoms with Crippen LogP contribution >= 0.6 is 0 Å². The van der Waals surface area contributed by atoms with Gasteiger partial charge in [0, 0.05) is 30.8 Å². The summed E-state index contributed by atoms with van der Waals surface area (Å²) in [7, 11) is 3.05. The number of rotatable bonds is 14. The highest BCUT2D eigenvalue weighted by Gasteiger charge is 2.18. The summed E-state index contributed by atoms with van der Waals surface area (Å²) >= 11 is 0. The summed E-state index contributed by atoms with van der Waals surface area (Å²) in [5.41, 5.74) is 0.613. The monoisotopic (exact) mass is 472 g/mol. The molecule has 8 nitrogen and oxygen atoms in total. The molecule has 0 radical (unpaired) electrons. The molecule has 0 aliphatic rings. The number of carbonyl (C=O) groups excluding carboxylic acids is 2. The Balaban J connectivity index is 2.07. The van der Waals surface area contributed by atoms with Crippen LogP contribution in [-0.4, -0.2) is 64.8 Å². The Morgan fingerprint density at radius 3 is 1.88 bits per heavy atom. The average molecular weight is 473 g/mol. The lowest BCUT2D eigenvalue weighted by Crippen LogP contribution is -2.29. The maximum atomic E-state index is 11.8. The van der Waals surface area contributed by atoms with Crippen LogP contribution in [0.5, 0.6) is 11.5 Å². The van der Waals surface area contributed by atoms with Crippen LogP contribution in [0.2, 0.25) is 0 Å². The predicted molar refractivity (Wildman–Crippen MR) is 128 cm³/mol. The second-order valence-electron chi connectivity index (χ2n) is 7.79. The van der Waals surface area contributed by atoms with Gasteiger partial charge >= 0.3 is 11.9 Å². The van der Waals surface area contributed by atoms with Crippen LogP contribution < -0.4 is 9.47 Å². The molecule has 0 saturated carbocycles. The van der Waals surface area contributed by atoms with E-state index in [-0.39, 0.29) is 26.4 Å². The number of fused-ring (bicyclic) bond motifs is 1. The number of hydrogen-bond donors (Lipinski definition) is 0. The van der Waals surface area contributed by atoms with Crippen LogP contribution in [0.15, 0.2) is 60.7 Å². The molecule has 2 atom stereocenters. The number of hydrogen-bond acceptors (Lipinski definition) is 8. The Hall–Kier alpha value is -3.36. The molecule has 0 saturated heterocycles. The van der Waals surface area contributed by atoms with Crippen LogP contribution in [0.1, 0.15) is 13.8 Å². The van der Waals surface area contributed by atoms with Crippen molar-refractivity contribution in [2.75, 3.05) is 40.6 Å². The van der Waals surface area contributed by atoms with Crippen molar-refractivity contribution in [3.63, 3.8) is 0 Å². The lowest BCUT2D eigenvalue weighted by molar-refractivity contribution is -0.149. The van der Waals surface area contributed by atoms with Gasteiger partial charge in [-0.05, 0) is 43.5 Å². The van der Waals surface area contributed by atoms with Gasteiger partial charge < -0.3 is 28.4 Å². The normalized spacial score (nSPS) is 12.5. The van der Waals surface area contributed by atoms with Crippen molar-refractivity contribution in [2.24, 2.45) is 0 Å². The Morgan fingerprint density at radius 1 is 0.794 bits per heavy atom. The third-order valence-corrected chi connectivity index (χ3v) is 4.62. The average Bonchev–Trinajstić information content (AvgIpc) is 2.80. The molecule has 2 aromatic rings. The van der Waals surface area contributed by atoms with Crippen molar-refractivity contribution >= 4 is 22.7 Å². The Morgan fingerprint density at radius 2 is 1.35 bits per heavy atom. The molecular weight excluding hydrogens is 440 g/mol. The van der Waals surface area contributed by atoms with Crippen molar-refractivity contribution in [3.8, 4) is 11.5 Å². The fraction of sp³-hybridized carbons (Fsp3) is 0.385. The minimum absolute atomic E-state index is 0.122. The van der Waals surface area contributed by atoms with Gasteiger partial charge in [-0.3, -0.25) is 0 Å². The largest absolute Gasteiger partial charge is 0.490 e. The number of benzene rings is 2.